The summed E-state index contributed by atoms with van der Waals surface area (Å²) in [5.41, 5.74) is 0.310. The molecule has 0 aliphatic rings. The summed E-state index contributed by atoms with van der Waals surface area (Å²) in [4.78, 5) is 0. The van der Waals surface area contributed by atoms with Gasteiger partial charge in [-0.2, -0.15) is 0 Å². The first-order valence-electron chi connectivity index (χ1n) is 5.29. The summed E-state index contributed by atoms with van der Waals surface area (Å²) >= 11 is 1.10. The predicted molar refractivity (Wildman–Crippen MR) is 71.8 cm³/mol. The number of sulfone groups is 1. The lowest BCUT2D eigenvalue weighted by Gasteiger charge is -2.06. The van der Waals surface area contributed by atoms with Crippen molar-refractivity contribution in [2.24, 2.45) is 0 Å². The number of rotatable bonds is 4. The fraction of sp³-hybridized carbons (Fsp3) is 0.0769. The van der Waals surface area contributed by atoms with E-state index in [2.05, 4.69) is 6.58 Å². The summed E-state index contributed by atoms with van der Waals surface area (Å²) in [6.45, 7) is 3.59. The second-order valence-electron chi connectivity index (χ2n) is 3.95. The van der Waals surface area contributed by atoms with Gasteiger partial charge in [-0.05, 0) is 34.7 Å². The lowest BCUT2D eigenvalue weighted by atomic mass is 10.1. The van der Waals surface area contributed by atoms with E-state index >= 15 is 0 Å². The highest BCUT2D eigenvalue weighted by Crippen LogP contribution is 2.23. The van der Waals surface area contributed by atoms with E-state index in [1.165, 1.54) is 6.07 Å². The van der Waals surface area contributed by atoms with Crippen LogP contribution in [0.4, 0.5) is 8.78 Å². The predicted octanol–water partition coefficient (Wildman–Crippen LogP) is 3.51. The van der Waals surface area contributed by atoms with Crippen molar-refractivity contribution in [3.8, 4) is 0 Å². The molecule has 1 aromatic carbocycles. The van der Waals surface area contributed by atoms with Crippen LogP contribution in [0.5, 0.6) is 0 Å². The summed E-state index contributed by atoms with van der Waals surface area (Å²) in [6, 6.07) is 5.97. The normalized spacial score (nSPS) is 11.5. The highest BCUT2D eigenvalue weighted by atomic mass is 32.2. The van der Waals surface area contributed by atoms with Gasteiger partial charge in [0.1, 0.15) is 15.8 Å². The highest BCUT2D eigenvalue weighted by molar-refractivity contribution is 7.93. The second-order valence-corrected chi connectivity index (χ2v) is 7.12. The van der Waals surface area contributed by atoms with Crippen molar-refractivity contribution >= 4 is 26.7 Å². The third-order valence-corrected chi connectivity index (χ3v) is 5.63. The zero-order valence-corrected chi connectivity index (χ0v) is 11.4. The number of thiophene rings is 1. The summed E-state index contributed by atoms with van der Waals surface area (Å²) in [5.74, 6) is -1.88. The minimum atomic E-state index is -3.52. The Morgan fingerprint density at radius 1 is 1.21 bits per heavy atom. The molecule has 0 atom stereocenters. The van der Waals surface area contributed by atoms with Crippen molar-refractivity contribution in [3.63, 3.8) is 0 Å². The molecule has 1 aromatic heterocycles. The van der Waals surface area contributed by atoms with Crippen LogP contribution in [0, 0.1) is 11.6 Å². The number of hydrogen-bond donors (Lipinski definition) is 0. The van der Waals surface area contributed by atoms with E-state index < -0.39 is 21.5 Å². The molecular weight excluding hydrogens is 290 g/mol. The summed E-state index contributed by atoms with van der Waals surface area (Å²) in [5, 5.41) is 1.65. The van der Waals surface area contributed by atoms with Crippen LogP contribution in [0.15, 0.2) is 46.5 Å². The Labute approximate surface area is 113 Å². The van der Waals surface area contributed by atoms with E-state index in [9.17, 15) is 17.2 Å². The molecule has 0 amide bonds. The molecule has 0 bridgehead atoms. The number of halogens is 2. The molecule has 0 saturated heterocycles. The molecule has 19 heavy (non-hydrogen) atoms. The topological polar surface area (TPSA) is 34.1 Å². The van der Waals surface area contributed by atoms with Gasteiger partial charge in [-0.15, -0.1) is 11.3 Å². The van der Waals surface area contributed by atoms with E-state index in [1.807, 2.05) is 0 Å². The van der Waals surface area contributed by atoms with Crippen molar-refractivity contribution in [3.05, 3.63) is 59.5 Å². The first-order valence-corrected chi connectivity index (χ1v) is 7.82. The van der Waals surface area contributed by atoms with Gasteiger partial charge < -0.3 is 0 Å². The monoisotopic (exact) mass is 300 g/mol. The number of benzene rings is 1. The van der Waals surface area contributed by atoms with Crippen LogP contribution >= 0.6 is 11.3 Å². The van der Waals surface area contributed by atoms with Gasteiger partial charge in [0.25, 0.3) is 0 Å². The van der Waals surface area contributed by atoms with Crippen molar-refractivity contribution < 1.29 is 17.2 Å². The maximum atomic E-state index is 13.1. The van der Waals surface area contributed by atoms with Crippen molar-refractivity contribution in [2.75, 3.05) is 5.75 Å². The van der Waals surface area contributed by atoms with Crippen LogP contribution in [0.1, 0.15) is 5.56 Å². The molecule has 100 valence electrons. The fourth-order valence-corrected chi connectivity index (χ4v) is 4.01. The summed E-state index contributed by atoms with van der Waals surface area (Å²) in [6.07, 6.45) is 0. The Balaban J connectivity index is 2.27. The van der Waals surface area contributed by atoms with Gasteiger partial charge in [-0.3, -0.25) is 0 Å². The molecule has 2 aromatic rings. The molecule has 0 saturated carbocycles. The Hall–Kier alpha value is -1.53. The quantitative estimate of drug-likeness (QED) is 0.866. The van der Waals surface area contributed by atoms with Gasteiger partial charge in [0, 0.05) is 6.07 Å². The van der Waals surface area contributed by atoms with Crippen molar-refractivity contribution in [2.45, 2.75) is 4.21 Å². The Morgan fingerprint density at radius 3 is 2.37 bits per heavy atom. The Morgan fingerprint density at radius 2 is 1.84 bits per heavy atom. The minimum absolute atomic E-state index is 0.151. The molecule has 2 nitrogen and oxygen atoms in total. The average molecular weight is 300 g/mol. The van der Waals surface area contributed by atoms with Gasteiger partial charge in [0.05, 0.1) is 5.75 Å². The third kappa shape index (κ3) is 3.27. The first-order chi connectivity index (χ1) is 8.88. The van der Waals surface area contributed by atoms with Gasteiger partial charge >= 0.3 is 0 Å². The van der Waals surface area contributed by atoms with Crippen LogP contribution in [-0.2, 0) is 9.84 Å². The molecule has 1 heterocycles. The van der Waals surface area contributed by atoms with Gasteiger partial charge in [0.2, 0.25) is 0 Å². The molecule has 0 spiro atoms. The molecular formula is C13H10F2O2S2. The van der Waals surface area contributed by atoms with E-state index in [0.29, 0.717) is 0 Å². The van der Waals surface area contributed by atoms with E-state index in [1.54, 1.807) is 11.4 Å². The summed E-state index contributed by atoms with van der Waals surface area (Å²) < 4.78 is 50.4. The van der Waals surface area contributed by atoms with E-state index in [4.69, 9.17) is 0 Å². The van der Waals surface area contributed by atoms with Crippen molar-refractivity contribution in [1.82, 2.24) is 0 Å². The van der Waals surface area contributed by atoms with Crippen LogP contribution < -0.4 is 0 Å². The fourth-order valence-electron chi connectivity index (χ4n) is 1.58. The maximum absolute atomic E-state index is 13.1. The molecule has 6 heteroatoms. The van der Waals surface area contributed by atoms with E-state index in [0.717, 1.165) is 29.5 Å². The van der Waals surface area contributed by atoms with E-state index in [-0.39, 0.29) is 21.1 Å². The summed E-state index contributed by atoms with van der Waals surface area (Å²) in [7, 11) is -3.52. The number of hydrogen-bond acceptors (Lipinski definition) is 3. The molecule has 0 fully saturated rings. The maximum Gasteiger partial charge on any atom is 0.191 e. The Kier molecular flexibility index (Phi) is 3.82. The SMILES string of the molecule is C=C(CS(=O)(=O)c1cccs1)c1cc(F)cc(F)c1. The van der Waals surface area contributed by atoms with Gasteiger partial charge in [-0.1, -0.05) is 12.6 Å². The second kappa shape index (κ2) is 5.22. The molecule has 0 unspecified atom stereocenters. The molecule has 0 aliphatic heterocycles. The van der Waals surface area contributed by atoms with Crippen LogP contribution in [-0.4, -0.2) is 14.2 Å². The highest BCUT2D eigenvalue weighted by Gasteiger charge is 2.18. The van der Waals surface area contributed by atoms with Crippen LogP contribution in [0.3, 0.4) is 0 Å². The molecule has 0 N–H and O–H groups in total. The van der Waals surface area contributed by atoms with Gasteiger partial charge in [0.15, 0.2) is 9.84 Å². The first kappa shape index (κ1) is 13.9. The molecule has 2 rings (SSSR count). The lowest BCUT2D eigenvalue weighted by molar-refractivity contribution is 0.582. The van der Waals surface area contributed by atoms with Gasteiger partial charge in [-0.25, -0.2) is 17.2 Å². The molecule has 0 radical (unpaired) electrons. The minimum Gasteiger partial charge on any atom is -0.223 e. The van der Waals surface area contributed by atoms with Crippen molar-refractivity contribution in [1.29, 1.82) is 0 Å². The lowest BCUT2D eigenvalue weighted by Crippen LogP contribution is -2.06. The zero-order chi connectivity index (χ0) is 14.0. The van der Waals surface area contributed by atoms with Crippen LogP contribution in [0.25, 0.3) is 5.57 Å². The smallest absolute Gasteiger partial charge is 0.191 e. The Bertz CT molecular complexity index is 684. The van der Waals surface area contributed by atoms with Crippen LogP contribution in [0.2, 0.25) is 0 Å². The molecule has 0 aliphatic carbocycles. The third-order valence-electron chi connectivity index (χ3n) is 2.44. The largest absolute Gasteiger partial charge is 0.223 e. The average Bonchev–Trinajstić information content (AvgIpc) is 2.80. The standard InChI is InChI=1S/C13H10F2O2S2/c1-9(10-5-11(14)7-12(15)6-10)8-19(16,17)13-3-2-4-18-13/h2-7H,1,8H2. The zero-order valence-electron chi connectivity index (χ0n) is 9.77.